The first kappa shape index (κ1) is 11.3. The fraction of sp³-hybridized carbons (Fsp3) is 0.429. The van der Waals surface area contributed by atoms with Crippen molar-refractivity contribution in [3.8, 4) is 0 Å². The number of nitrogens with zero attached hydrogens (tertiary/aromatic N) is 1. The number of benzene rings is 1. The molecule has 1 atom stereocenters. The van der Waals surface area contributed by atoms with Crippen LogP contribution < -0.4 is 5.32 Å². The molecule has 1 unspecified atom stereocenters. The molecule has 0 radical (unpaired) electrons. The number of hydrogen-bond acceptors (Lipinski definition) is 1. The maximum Gasteiger partial charge on any atom is 0.0522 e. The second-order valence-corrected chi connectivity index (χ2v) is 5.75. The van der Waals surface area contributed by atoms with Crippen molar-refractivity contribution < 1.29 is 0 Å². The van der Waals surface area contributed by atoms with Crippen molar-refractivity contribution in [2.24, 2.45) is 7.05 Å². The smallest absolute Gasteiger partial charge is 0.0522 e. The van der Waals surface area contributed by atoms with Gasteiger partial charge in [0.25, 0.3) is 0 Å². The third-order valence-corrected chi connectivity index (χ3v) is 4.30. The van der Waals surface area contributed by atoms with Crippen LogP contribution >= 0.6 is 15.9 Å². The minimum atomic E-state index is 0.661. The Morgan fingerprint density at radius 3 is 3.12 bits per heavy atom. The fourth-order valence-electron chi connectivity index (χ4n) is 2.87. The Labute approximate surface area is 110 Å². The Kier molecular flexibility index (Phi) is 2.97. The van der Waals surface area contributed by atoms with E-state index < -0.39 is 0 Å². The zero-order valence-electron chi connectivity index (χ0n) is 10.0. The van der Waals surface area contributed by atoms with E-state index in [4.69, 9.17) is 0 Å². The molecule has 0 bridgehead atoms. The van der Waals surface area contributed by atoms with Crippen LogP contribution in [0.15, 0.2) is 28.9 Å². The van der Waals surface area contributed by atoms with Gasteiger partial charge in [-0.05, 0) is 47.3 Å². The van der Waals surface area contributed by atoms with Crippen molar-refractivity contribution in [1.29, 1.82) is 0 Å². The topological polar surface area (TPSA) is 17.0 Å². The van der Waals surface area contributed by atoms with Gasteiger partial charge >= 0.3 is 0 Å². The number of fused-ring (bicyclic) bond motifs is 1. The molecule has 0 aliphatic carbocycles. The first-order valence-electron chi connectivity index (χ1n) is 6.21. The minimum absolute atomic E-state index is 0.661. The molecule has 17 heavy (non-hydrogen) atoms. The molecule has 1 N–H and O–H groups in total. The van der Waals surface area contributed by atoms with Crippen molar-refractivity contribution in [1.82, 2.24) is 9.88 Å². The van der Waals surface area contributed by atoms with Crippen LogP contribution in [0.3, 0.4) is 0 Å². The molecule has 0 amide bonds. The molecule has 0 saturated carbocycles. The average Bonchev–Trinajstić information content (AvgIpc) is 2.90. The summed E-state index contributed by atoms with van der Waals surface area (Å²) in [4.78, 5) is 0. The highest BCUT2D eigenvalue weighted by Crippen LogP contribution is 2.29. The SMILES string of the molecule is Cn1cc(Br)c2cccc(CC3CCCN3)c21. The zero-order valence-corrected chi connectivity index (χ0v) is 11.6. The first-order chi connectivity index (χ1) is 8.25. The van der Waals surface area contributed by atoms with E-state index >= 15 is 0 Å². The second kappa shape index (κ2) is 4.46. The van der Waals surface area contributed by atoms with Crippen LogP contribution in [0.5, 0.6) is 0 Å². The molecule has 1 aliphatic rings. The van der Waals surface area contributed by atoms with Crippen molar-refractivity contribution in [3.63, 3.8) is 0 Å². The van der Waals surface area contributed by atoms with Gasteiger partial charge < -0.3 is 9.88 Å². The van der Waals surface area contributed by atoms with Gasteiger partial charge in [0.05, 0.1) is 5.52 Å². The molecular formula is C14H17BrN2. The number of rotatable bonds is 2. The lowest BCUT2D eigenvalue weighted by molar-refractivity contribution is 0.604. The summed E-state index contributed by atoms with van der Waals surface area (Å²) < 4.78 is 3.42. The maximum absolute atomic E-state index is 3.63. The maximum atomic E-state index is 3.63. The van der Waals surface area contributed by atoms with Crippen LogP contribution in [0.4, 0.5) is 0 Å². The Bertz CT molecular complexity index is 538. The predicted octanol–water partition coefficient (Wildman–Crippen LogP) is 3.24. The number of halogens is 1. The molecule has 2 heterocycles. The Morgan fingerprint density at radius 2 is 2.35 bits per heavy atom. The summed E-state index contributed by atoms with van der Waals surface area (Å²) in [5.41, 5.74) is 2.82. The largest absolute Gasteiger partial charge is 0.349 e. The van der Waals surface area contributed by atoms with Crippen LogP contribution in [0.1, 0.15) is 18.4 Å². The van der Waals surface area contributed by atoms with E-state index in [1.807, 2.05) is 0 Å². The highest BCUT2D eigenvalue weighted by Gasteiger charge is 2.17. The van der Waals surface area contributed by atoms with E-state index in [0.717, 1.165) is 6.42 Å². The number of para-hydroxylation sites is 1. The fourth-order valence-corrected chi connectivity index (χ4v) is 3.49. The lowest BCUT2D eigenvalue weighted by atomic mass is 10.0. The molecular weight excluding hydrogens is 276 g/mol. The molecule has 1 aromatic carbocycles. The molecule has 3 rings (SSSR count). The third kappa shape index (κ3) is 2.02. The summed E-state index contributed by atoms with van der Waals surface area (Å²) in [6, 6.07) is 7.27. The summed E-state index contributed by atoms with van der Waals surface area (Å²) in [6.45, 7) is 1.18. The summed E-state index contributed by atoms with van der Waals surface area (Å²) in [5, 5.41) is 4.90. The van der Waals surface area contributed by atoms with Crippen LogP contribution in [0.2, 0.25) is 0 Å². The molecule has 0 spiro atoms. The molecule has 1 fully saturated rings. The zero-order chi connectivity index (χ0) is 11.8. The Hall–Kier alpha value is -0.800. The summed E-state index contributed by atoms with van der Waals surface area (Å²) in [7, 11) is 2.12. The number of aromatic nitrogens is 1. The molecule has 1 aliphatic heterocycles. The van der Waals surface area contributed by atoms with Gasteiger partial charge in [0.15, 0.2) is 0 Å². The summed E-state index contributed by atoms with van der Waals surface area (Å²) in [5.74, 6) is 0. The highest BCUT2D eigenvalue weighted by molar-refractivity contribution is 9.10. The average molecular weight is 293 g/mol. The number of hydrogen-bond donors (Lipinski definition) is 1. The number of aryl methyl sites for hydroxylation is 1. The minimum Gasteiger partial charge on any atom is -0.349 e. The van der Waals surface area contributed by atoms with Gasteiger partial charge in [-0.3, -0.25) is 0 Å². The molecule has 3 heteroatoms. The lowest BCUT2D eigenvalue weighted by Gasteiger charge is -2.12. The van der Waals surface area contributed by atoms with Crippen LogP contribution in [-0.4, -0.2) is 17.2 Å². The third-order valence-electron chi connectivity index (χ3n) is 3.67. The second-order valence-electron chi connectivity index (χ2n) is 4.90. The van der Waals surface area contributed by atoms with Crippen molar-refractivity contribution in [3.05, 3.63) is 34.4 Å². The van der Waals surface area contributed by atoms with E-state index in [-0.39, 0.29) is 0 Å². The lowest BCUT2D eigenvalue weighted by Crippen LogP contribution is -2.23. The predicted molar refractivity (Wildman–Crippen MR) is 75.3 cm³/mol. The van der Waals surface area contributed by atoms with Crippen LogP contribution in [0.25, 0.3) is 10.9 Å². The van der Waals surface area contributed by atoms with Gasteiger partial charge in [0.2, 0.25) is 0 Å². The Morgan fingerprint density at radius 1 is 1.47 bits per heavy atom. The van der Waals surface area contributed by atoms with E-state index in [2.05, 4.69) is 57.3 Å². The molecule has 1 saturated heterocycles. The van der Waals surface area contributed by atoms with Gasteiger partial charge in [-0.15, -0.1) is 0 Å². The quantitative estimate of drug-likeness (QED) is 0.899. The van der Waals surface area contributed by atoms with E-state index in [1.54, 1.807) is 0 Å². The van der Waals surface area contributed by atoms with Crippen molar-refractivity contribution in [2.75, 3.05) is 6.54 Å². The normalized spacial score (nSPS) is 20.2. The van der Waals surface area contributed by atoms with Crippen molar-refractivity contribution in [2.45, 2.75) is 25.3 Å². The number of nitrogens with one attached hydrogen (secondary N) is 1. The van der Waals surface area contributed by atoms with Gasteiger partial charge in [-0.1, -0.05) is 18.2 Å². The summed E-state index contributed by atoms with van der Waals surface area (Å²) in [6.07, 6.45) is 5.91. The van der Waals surface area contributed by atoms with E-state index in [1.165, 1.54) is 40.3 Å². The highest BCUT2D eigenvalue weighted by atomic mass is 79.9. The van der Waals surface area contributed by atoms with Gasteiger partial charge in [0, 0.05) is 29.1 Å². The standard InChI is InChI=1S/C14H17BrN2/c1-17-9-13(15)12-6-2-4-10(14(12)17)8-11-5-3-7-16-11/h2,4,6,9,11,16H,3,5,7-8H2,1H3. The summed E-state index contributed by atoms with van der Waals surface area (Å²) >= 11 is 3.63. The molecule has 2 aromatic rings. The van der Waals surface area contributed by atoms with Crippen molar-refractivity contribution >= 4 is 26.8 Å². The molecule has 2 nitrogen and oxygen atoms in total. The van der Waals surface area contributed by atoms with E-state index in [9.17, 15) is 0 Å². The van der Waals surface area contributed by atoms with E-state index in [0.29, 0.717) is 6.04 Å². The molecule has 90 valence electrons. The van der Waals surface area contributed by atoms with Gasteiger partial charge in [-0.25, -0.2) is 0 Å². The van der Waals surface area contributed by atoms with Crippen LogP contribution in [0, 0.1) is 0 Å². The molecule has 1 aromatic heterocycles. The Balaban J connectivity index is 2.03. The van der Waals surface area contributed by atoms with Gasteiger partial charge in [0.1, 0.15) is 0 Å². The van der Waals surface area contributed by atoms with Gasteiger partial charge in [-0.2, -0.15) is 0 Å². The first-order valence-corrected chi connectivity index (χ1v) is 7.01. The van der Waals surface area contributed by atoms with Crippen LogP contribution in [-0.2, 0) is 13.5 Å². The monoisotopic (exact) mass is 292 g/mol.